The van der Waals surface area contributed by atoms with Crippen LogP contribution in [0.1, 0.15) is 25.7 Å². The lowest BCUT2D eigenvalue weighted by Gasteiger charge is -2.32. The lowest BCUT2D eigenvalue weighted by molar-refractivity contribution is -0.135. The maximum absolute atomic E-state index is 11.9. The summed E-state index contributed by atoms with van der Waals surface area (Å²) in [5.74, 6) is 0.114. The normalized spacial score (nSPS) is 25.6. The number of nitrogens with two attached hydrogens (primary N) is 1. The SMILES string of the molecule is NCCOCC(=O)N1CCC(N2CCCCC2)C1. The van der Waals surface area contributed by atoms with Crippen molar-refractivity contribution in [3.63, 3.8) is 0 Å². The molecular weight excluding hydrogens is 230 g/mol. The molecule has 0 radical (unpaired) electrons. The molecular formula is C13H25N3O2. The molecule has 0 bridgehead atoms. The van der Waals surface area contributed by atoms with Gasteiger partial charge in [-0.05, 0) is 32.4 Å². The monoisotopic (exact) mass is 255 g/mol. The Morgan fingerprint density at radius 1 is 1.22 bits per heavy atom. The average molecular weight is 255 g/mol. The third kappa shape index (κ3) is 3.67. The zero-order valence-corrected chi connectivity index (χ0v) is 11.1. The van der Waals surface area contributed by atoms with Crippen LogP contribution in [0.4, 0.5) is 0 Å². The van der Waals surface area contributed by atoms with Crippen LogP contribution in [0.3, 0.4) is 0 Å². The van der Waals surface area contributed by atoms with Crippen molar-refractivity contribution in [1.29, 1.82) is 0 Å². The molecule has 2 aliphatic rings. The highest BCUT2D eigenvalue weighted by atomic mass is 16.5. The Balaban J connectivity index is 1.71. The highest BCUT2D eigenvalue weighted by Crippen LogP contribution is 2.20. The van der Waals surface area contributed by atoms with E-state index in [4.69, 9.17) is 10.5 Å². The van der Waals surface area contributed by atoms with Crippen LogP contribution in [0.25, 0.3) is 0 Å². The van der Waals surface area contributed by atoms with Crippen LogP contribution in [0.15, 0.2) is 0 Å². The van der Waals surface area contributed by atoms with Crippen LogP contribution >= 0.6 is 0 Å². The van der Waals surface area contributed by atoms with E-state index in [1.54, 1.807) is 0 Å². The molecule has 2 heterocycles. The number of hydrogen-bond donors (Lipinski definition) is 1. The minimum Gasteiger partial charge on any atom is -0.370 e. The summed E-state index contributed by atoms with van der Waals surface area (Å²) in [5, 5.41) is 0. The molecule has 2 fully saturated rings. The number of hydrogen-bond acceptors (Lipinski definition) is 4. The zero-order valence-electron chi connectivity index (χ0n) is 11.1. The molecule has 2 aliphatic heterocycles. The van der Waals surface area contributed by atoms with Crippen molar-refractivity contribution < 1.29 is 9.53 Å². The van der Waals surface area contributed by atoms with Gasteiger partial charge in [-0.2, -0.15) is 0 Å². The summed E-state index contributed by atoms with van der Waals surface area (Å²) >= 11 is 0. The highest BCUT2D eigenvalue weighted by Gasteiger charge is 2.30. The molecule has 104 valence electrons. The Hall–Kier alpha value is -0.650. The molecule has 1 amide bonds. The molecule has 0 aliphatic carbocycles. The second kappa shape index (κ2) is 7.07. The molecule has 2 N–H and O–H groups in total. The van der Waals surface area contributed by atoms with Crippen LogP contribution in [-0.2, 0) is 9.53 Å². The number of likely N-dealkylation sites (tertiary alicyclic amines) is 2. The van der Waals surface area contributed by atoms with Crippen molar-refractivity contribution in [2.45, 2.75) is 31.7 Å². The number of rotatable bonds is 5. The molecule has 0 aromatic carbocycles. The number of carbonyl (C=O) groups is 1. The van der Waals surface area contributed by atoms with Crippen LogP contribution < -0.4 is 5.73 Å². The Morgan fingerprint density at radius 3 is 2.72 bits per heavy atom. The Labute approximate surface area is 109 Å². The summed E-state index contributed by atoms with van der Waals surface area (Å²) in [6.07, 6.45) is 5.09. The van der Waals surface area contributed by atoms with E-state index in [1.165, 1.54) is 32.4 Å². The second-order valence-corrected chi connectivity index (χ2v) is 5.22. The molecule has 0 spiro atoms. The van der Waals surface area contributed by atoms with E-state index in [0.29, 0.717) is 19.2 Å². The fourth-order valence-electron chi connectivity index (χ4n) is 2.88. The minimum atomic E-state index is 0.114. The lowest BCUT2D eigenvalue weighted by atomic mass is 10.1. The molecule has 0 aromatic rings. The van der Waals surface area contributed by atoms with Gasteiger partial charge in [-0.15, -0.1) is 0 Å². The van der Waals surface area contributed by atoms with E-state index in [2.05, 4.69) is 4.90 Å². The Morgan fingerprint density at radius 2 is 2.00 bits per heavy atom. The molecule has 2 rings (SSSR count). The van der Waals surface area contributed by atoms with Gasteiger partial charge in [-0.25, -0.2) is 0 Å². The van der Waals surface area contributed by atoms with E-state index in [-0.39, 0.29) is 12.5 Å². The number of ether oxygens (including phenoxy) is 1. The third-order valence-corrected chi connectivity index (χ3v) is 3.91. The van der Waals surface area contributed by atoms with Gasteiger partial charge in [0.1, 0.15) is 6.61 Å². The first kappa shape index (κ1) is 13.8. The van der Waals surface area contributed by atoms with Gasteiger partial charge in [-0.1, -0.05) is 6.42 Å². The van der Waals surface area contributed by atoms with Gasteiger partial charge in [-0.3, -0.25) is 9.69 Å². The Kier molecular flexibility index (Phi) is 5.41. The molecule has 0 saturated carbocycles. The molecule has 5 heteroatoms. The topological polar surface area (TPSA) is 58.8 Å². The molecule has 1 unspecified atom stereocenters. The largest absolute Gasteiger partial charge is 0.370 e. The minimum absolute atomic E-state index is 0.114. The second-order valence-electron chi connectivity index (χ2n) is 5.22. The van der Waals surface area contributed by atoms with Crippen molar-refractivity contribution in [1.82, 2.24) is 9.80 Å². The van der Waals surface area contributed by atoms with E-state index >= 15 is 0 Å². The third-order valence-electron chi connectivity index (χ3n) is 3.91. The van der Waals surface area contributed by atoms with Crippen molar-refractivity contribution in [2.24, 2.45) is 5.73 Å². The fourth-order valence-corrected chi connectivity index (χ4v) is 2.88. The molecule has 1 atom stereocenters. The summed E-state index contributed by atoms with van der Waals surface area (Å²) in [6.45, 7) is 5.30. The van der Waals surface area contributed by atoms with Gasteiger partial charge in [0.25, 0.3) is 0 Å². The van der Waals surface area contributed by atoms with Gasteiger partial charge < -0.3 is 15.4 Å². The number of piperidine rings is 1. The van der Waals surface area contributed by atoms with Crippen molar-refractivity contribution in [2.75, 3.05) is 45.9 Å². The molecule has 5 nitrogen and oxygen atoms in total. The maximum atomic E-state index is 11.9. The van der Waals surface area contributed by atoms with Crippen molar-refractivity contribution >= 4 is 5.91 Å². The Bertz CT molecular complexity index is 267. The van der Waals surface area contributed by atoms with Crippen molar-refractivity contribution in [3.05, 3.63) is 0 Å². The summed E-state index contributed by atoms with van der Waals surface area (Å²) in [6, 6.07) is 0.573. The van der Waals surface area contributed by atoms with E-state index in [9.17, 15) is 4.79 Å². The van der Waals surface area contributed by atoms with Gasteiger partial charge >= 0.3 is 0 Å². The standard InChI is InChI=1S/C13H25N3O2/c14-5-9-18-11-13(17)16-8-4-12(10-16)15-6-2-1-3-7-15/h12H,1-11,14H2. The van der Waals surface area contributed by atoms with Crippen molar-refractivity contribution in [3.8, 4) is 0 Å². The predicted molar refractivity (Wildman–Crippen MR) is 70.3 cm³/mol. The summed E-state index contributed by atoms with van der Waals surface area (Å²) in [5.41, 5.74) is 5.33. The number of nitrogens with zero attached hydrogens (tertiary/aromatic N) is 2. The van der Waals surface area contributed by atoms with E-state index in [1.807, 2.05) is 4.90 Å². The average Bonchev–Trinajstić information content (AvgIpc) is 2.89. The van der Waals surface area contributed by atoms with Gasteiger partial charge in [0, 0.05) is 25.7 Å². The van der Waals surface area contributed by atoms with Crippen LogP contribution in [0.2, 0.25) is 0 Å². The van der Waals surface area contributed by atoms with E-state index < -0.39 is 0 Å². The van der Waals surface area contributed by atoms with Gasteiger partial charge in [0.2, 0.25) is 5.91 Å². The van der Waals surface area contributed by atoms with Gasteiger partial charge in [0.15, 0.2) is 0 Å². The van der Waals surface area contributed by atoms with Crippen LogP contribution in [0.5, 0.6) is 0 Å². The maximum Gasteiger partial charge on any atom is 0.248 e. The smallest absolute Gasteiger partial charge is 0.248 e. The summed E-state index contributed by atoms with van der Waals surface area (Å²) in [7, 11) is 0. The van der Waals surface area contributed by atoms with Crippen LogP contribution in [0, 0.1) is 0 Å². The molecule has 0 aromatic heterocycles. The first-order chi connectivity index (χ1) is 8.81. The lowest BCUT2D eigenvalue weighted by Crippen LogP contribution is -2.42. The zero-order chi connectivity index (χ0) is 12.8. The van der Waals surface area contributed by atoms with E-state index in [0.717, 1.165) is 19.5 Å². The number of carbonyl (C=O) groups excluding carboxylic acids is 1. The number of amides is 1. The first-order valence-corrected chi connectivity index (χ1v) is 7.11. The first-order valence-electron chi connectivity index (χ1n) is 7.11. The summed E-state index contributed by atoms with van der Waals surface area (Å²) < 4.78 is 5.21. The van der Waals surface area contributed by atoms with Gasteiger partial charge in [0.05, 0.1) is 6.61 Å². The fraction of sp³-hybridized carbons (Fsp3) is 0.923. The predicted octanol–water partition coefficient (Wildman–Crippen LogP) is 0.0485. The highest BCUT2D eigenvalue weighted by molar-refractivity contribution is 5.77. The quantitative estimate of drug-likeness (QED) is 0.705. The van der Waals surface area contributed by atoms with Crippen LogP contribution in [-0.4, -0.2) is 67.7 Å². The molecule has 2 saturated heterocycles. The summed E-state index contributed by atoms with van der Waals surface area (Å²) in [4.78, 5) is 16.4. The molecule has 18 heavy (non-hydrogen) atoms.